The van der Waals surface area contributed by atoms with Crippen LogP contribution in [0, 0.1) is 18.7 Å². The monoisotopic (exact) mass is 347 g/mol. The Morgan fingerprint density at radius 2 is 2.20 bits per heavy atom. The zero-order chi connectivity index (χ0) is 17.8. The van der Waals surface area contributed by atoms with Gasteiger partial charge in [-0.05, 0) is 49.9 Å². The molecule has 2 amide bonds. The highest BCUT2D eigenvalue weighted by atomic mass is 19.1. The molecule has 6 heteroatoms. The highest BCUT2D eigenvalue weighted by Gasteiger charge is 2.24. The summed E-state index contributed by atoms with van der Waals surface area (Å²) >= 11 is 0. The van der Waals surface area contributed by atoms with Gasteiger partial charge in [0.15, 0.2) is 0 Å². The number of aliphatic hydroxyl groups excluding tert-OH is 1. The number of aliphatic hydroxyl groups is 1. The van der Waals surface area contributed by atoms with Crippen molar-refractivity contribution in [2.45, 2.75) is 38.3 Å². The van der Waals surface area contributed by atoms with E-state index >= 15 is 0 Å². The molecule has 3 N–H and O–H groups in total. The van der Waals surface area contributed by atoms with Crippen LogP contribution in [-0.2, 0) is 0 Å². The molecular weight excluding hydrogens is 321 g/mol. The zero-order valence-electron chi connectivity index (χ0n) is 14.5. The summed E-state index contributed by atoms with van der Waals surface area (Å²) < 4.78 is 13.3. The van der Waals surface area contributed by atoms with E-state index in [9.17, 15) is 9.18 Å². The summed E-state index contributed by atoms with van der Waals surface area (Å²) in [5.41, 5.74) is 1.94. The first-order valence-corrected chi connectivity index (χ1v) is 8.92. The number of anilines is 1. The topological polar surface area (TPSA) is 64.6 Å². The fraction of sp³-hybridized carbons (Fsp3) is 0.526. The van der Waals surface area contributed by atoms with Crippen molar-refractivity contribution < 1.29 is 14.3 Å². The van der Waals surface area contributed by atoms with Crippen LogP contribution >= 0.6 is 0 Å². The number of rotatable bonds is 4. The highest BCUT2D eigenvalue weighted by molar-refractivity contribution is 5.75. The van der Waals surface area contributed by atoms with E-state index in [1.165, 1.54) is 6.07 Å². The number of hydrogen-bond donors (Lipinski definition) is 3. The van der Waals surface area contributed by atoms with E-state index < -0.39 is 0 Å². The maximum Gasteiger partial charge on any atom is 0.315 e. The molecule has 1 saturated heterocycles. The van der Waals surface area contributed by atoms with Crippen molar-refractivity contribution in [3.05, 3.63) is 41.7 Å². The zero-order valence-corrected chi connectivity index (χ0v) is 14.5. The Bertz CT molecular complexity index is 650. The van der Waals surface area contributed by atoms with Crippen molar-refractivity contribution >= 4 is 11.7 Å². The van der Waals surface area contributed by atoms with Crippen LogP contribution < -0.4 is 15.5 Å². The number of amides is 2. The lowest BCUT2D eigenvalue weighted by Gasteiger charge is -2.35. The van der Waals surface area contributed by atoms with Gasteiger partial charge in [-0.15, -0.1) is 0 Å². The van der Waals surface area contributed by atoms with Crippen molar-refractivity contribution in [3.8, 4) is 0 Å². The molecule has 5 nitrogen and oxygen atoms in total. The summed E-state index contributed by atoms with van der Waals surface area (Å²) in [5.74, 6) is -0.0879. The summed E-state index contributed by atoms with van der Waals surface area (Å²) in [6, 6.07) is 4.72. The molecule has 1 unspecified atom stereocenters. The van der Waals surface area contributed by atoms with E-state index in [1.54, 1.807) is 6.07 Å². The number of carbonyl (C=O) groups is 1. The average Bonchev–Trinajstić information content (AvgIpc) is 3.02. The van der Waals surface area contributed by atoms with Crippen LogP contribution in [0.4, 0.5) is 14.9 Å². The predicted molar refractivity (Wildman–Crippen MR) is 96.2 cm³/mol. The summed E-state index contributed by atoms with van der Waals surface area (Å²) in [6.07, 6.45) is 6.55. The highest BCUT2D eigenvalue weighted by Crippen LogP contribution is 2.24. The Hall–Kier alpha value is -2.08. The van der Waals surface area contributed by atoms with Crippen LogP contribution in [0.5, 0.6) is 0 Å². The Morgan fingerprint density at radius 3 is 2.92 bits per heavy atom. The molecule has 0 spiro atoms. The lowest BCUT2D eigenvalue weighted by molar-refractivity contribution is 0.227. The fourth-order valence-electron chi connectivity index (χ4n) is 3.70. The first-order valence-electron chi connectivity index (χ1n) is 8.92. The number of piperidine rings is 1. The average molecular weight is 347 g/mol. The molecule has 1 aliphatic heterocycles. The number of nitrogens with one attached hydrogen (secondary N) is 2. The molecule has 0 radical (unpaired) electrons. The van der Waals surface area contributed by atoms with Crippen molar-refractivity contribution in [2.24, 2.45) is 5.92 Å². The number of benzene rings is 1. The van der Waals surface area contributed by atoms with Crippen LogP contribution in [0.15, 0.2) is 30.4 Å². The van der Waals surface area contributed by atoms with Crippen molar-refractivity contribution in [1.29, 1.82) is 0 Å². The molecule has 2 aliphatic rings. The summed E-state index contributed by atoms with van der Waals surface area (Å²) in [6.45, 7) is 3.66. The Labute approximate surface area is 147 Å². The molecule has 136 valence electrons. The summed E-state index contributed by atoms with van der Waals surface area (Å²) in [7, 11) is 0. The van der Waals surface area contributed by atoms with Gasteiger partial charge in [0.1, 0.15) is 5.82 Å². The van der Waals surface area contributed by atoms with Crippen LogP contribution in [0.2, 0.25) is 0 Å². The first kappa shape index (κ1) is 17.7. The summed E-state index contributed by atoms with van der Waals surface area (Å²) in [5, 5.41) is 15.1. The van der Waals surface area contributed by atoms with Gasteiger partial charge in [-0.2, -0.15) is 0 Å². The molecule has 25 heavy (non-hydrogen) atoms. The second kappa shape index (κ2) is 7.87. The molecule has 0 aromatic heterocycles. The standard InChI is InChI=1S/C19H26FN3O2/c1-13-9-15(20)5-7-18(13)23-8-2-3-17(11-23)22-19(25)21-16-6-4-14(10-16)12-24/h4-7,9,14,16-17,24H,2-3,8,10-12H2,1H3,(H2,21,22,25)/t14-,16+,17?/m0/s1. The maximum atomic E-state index is 13.3. The number of aryl methyl sites for hydroxylation is 1. The lowest BCUT2D eigenvalue weighted by atomic mass is 10.0. The lowest BCUT2D eigenvalue weighted by Crippen LogP contribution is -2.52. The molecule has 0 bridgehead atoms. The van der Waals surface area contributed by atoms with Gasteiger partial charge in [-0.1, -0.05) is 12.2 Å². The Kier molecular flexibility index (Phi) is 5.58. The minimum absolute atomic E-state index is 0.0174. The number of halogens is 1. The SMILES string of the molecule is Cc1cc(F)ccc1N1CCCC(NC(=O)N[C@@H]2C=C[C@H](CO)C2)C1. The first-order chi connectivity index (χ1) is 12.0. The Morgan fingerprint density at radius 1 is 1.36 bits per heavy atom. The van der Waals surface area contributed by atoms with Crippen molar-refractivity contribution in [2.75, 3.05) is 24.6 Å². The predicted octanol–water partition coefficient (Wildman–Crippen LogP) is 2.34. The van der Waals surface area contributed by atoms with Crippen molar-refractivity contribution in [1.82, 2.24) is 10.6 Å². The number of hydrogen-bond acceptors (Lipinski definition) is 3. The van der Waals surface area contributed by atoms with Gasteiger partial charge in [0.25, 0.3) is 0 Å². The van der Waals surface area contributed by atoms with Gasteiger partial charge in [-0.25, -0.2) is 9.18 Å². The van der Waals surface area contributed by atoms with Gasteiger partial charge in [0.05, 0.1) is 0 Å². The van der Waals surface area contributed by atoms with E-state index in [1.807, 2.05) is 25.1 Å². The maximum absolute atomic E-state index is 13.3. The third-order valence-corrected chi connectivity index (χ3v) is 4.98. The fourth-order valence-corrected chi connectivity index (χ4v) is 3.70. The minimum atomic E-state index is -0.224. The third-order valence-electron chi connectivity index (χ3n) is 4.98. The molecule has 1 aliphatic carbocycles. The van der Waals surface area contributed by atoms with E-state index in [0.717, 1.165) is 43.6 Å². The van der Waals surface area contributed by atoms with Gasteiger partial charge in [0, 0.05) is 43.4 Å². The van der Waals surface area contributed by atoms with E-state index in [0.29, 0.717) is 0 Å². The van der Waals surface area contributed by atoms with Crippen LogP contribution in [-0.4, -0.2) is 42.9 Å². The number of carbonyl (C=O) groups excluding carboxylic acids is 1. The molecule has 1 aromatic carbocycles. The smallest absolute Gasteiger partial charge is 0.315 e. The largest absolute Gasteiger partial charge is 0.396 e. The molecular formula is C19H26FN3O2. The van der Waals surface area contributed by atoms with E-state index in [2.05, 4.69) is 15.5 Å². The minimum Gasteiger partial charge on any atom is -0.396 e. The normalized spacial score (nSPS) is 25.9. The quantitative estimate of drug-likeness (QED) is 0.733. The number of urea groups is 1. The number of nitrogens with zero attached hydrogens (tertiary/aromatic N) is 1. The van der Waals surface area contributed by atoms with Gasteiger partial charge in [0.2, 0.25) is 0 Å². The van der Waals surface area contributed by atoms with E-state index in [4.69, 9.17) is 5.11 Å². The molecule has 1 fully saturated rings. The molecule has 1 heterocycles. The van der Waals surface area contributed by atoms with Crippen LogP contribution in [0.25, 0.3) is 0 Å². The van der Waals surface area contributed by atoms with E-state index in [-0.39, 0.29) is 36.5 Å². The molecule has 1 aromatic rings. The van der Waals surface area contributed by atoms with Gasteiger partial charge in [-0.3, -0.25) is 0 Å². The molecule has 0 saturated carbocycles. The molecule has 3 rings (SSSR count). The summed E-state index contributed by atoms with van der Waals surface area (Å²) in [4.78, 5) is 14.4. The third kappa shape index (κ3) is 4.51. The second-order valence-electron chi connectivity index (χ2n) is 7.00. The molecule has 3 atom stereocenters. The van der Waals surface area contributed by atoms with Crippen LogP contribution in [0.3, 0.4) is 0 Å². The second-order valence-corrected chi connectivity index (χ2v) is 7.00. The van der Waals surface area contributed by atoms with Crippen LogP contribution in [0.1, 0.15) is 24.8 Å². The van der Waals surface area contributed by atoms with Gasteiger partial charge < -0.3 is 20.6 Å². The van der Waals surface area contributed by atoms with Crippen molar-refractivity contribution in [3.63, 3.8) is 0 Å². The van der Waals surface area contributed by atoms with Gasteiger partial charge >= 0.3 is 6.03 Å². The Balaban J connectivity index is 1.53.